The summed E-state index contributed by atoms with van der Waals surface area (Å²) >= 11 is 11.4. The maximum Gasteiger partial charge on any atom is 0.179 e. The second-order valence-corrected chi connectivity index (χ2v) is 3.61. The lowest BCUT2D eigenvalue weighted by Crippen LogP contribution is -2.02. The van der Waals surface area contributed by atoms with E-state index in [0.717, 1.165) is 11.3 Å². The number of benzene rings is 1. The molecule has 0 aromatic heterocycles. The molecule has 74 valence electrons. The predicted octanol–water partition coefficient (Wildman–Crippen LogP) is 2.62. The van der Waals surface area contributed by atoms with E-state index in [-0.39, 0.29) is 11.7 Å². The van der Waals surface area contributed by atoms with Gasteiger partial charge in [0.1, 0.15) is 6.61 Å². The van der Waals surface area contributed by atoms with E-state index >= 15 is 0 Å². The molecule has 1 heterocycles. The Morgan fingerprint density at radius 3 is 3.07 bits per heavy atom. The number of fused-ring (bicyclic) bond motifs is 1. The number of halogens is 2. The first kappa shape index (κ1) is 9.77. The van der Waals surface area contributed by atoms with Crippen LogP contribution in [0.25, 0.3) is 0 Å². The molecule has 1 aromatic carbocycles. The molecule has 0 amide bonds. The third kappa shape index (κ3) is 1.59. The van der Waals surface area contributed by atoms with E-state index in [1.807, 2.05) is 0 Å². The average Bonchev–Trinajstić information content (AvgIpc) is 2.62. The van der Waals surface area contributed by atoms with Crippen molar-refractivity contribution in [3.05, 3.63) is 28.3 Å². The summed E-state index contributed by atoms with van der Waals surface area (Å²) in [6.45, 7) is 0.440. The maximum absolute atomic E-state index is 11.4. The summed E-state index contributed by atoms with van der Waals surface area (Å²) in [5.41, 5.74) is 4.87. The number of anilines is 1. The Kier molecular flexibility index (Phi) is 2.63. The van der Waals surface area contributed by atoms with Gasteiger partial charge in [-0.25, -0.2) is 0 Å². The summed E-state index contributed by atoms with van der Waals surface area (Å²) in [5.74, 6) is -0.237. The van der Waals surface area contributed by atoms with Crippen LogP contribution in [0.3, 0.4) is 0 Å². The van der Waals surface area contributed by atoms with Crippen molar-refractivity contribution < 1.29 is 9.63 Å². The zero-order valence-electron chi connectivity index (χ0n) is 7.14. The highest BCUT2D eigenvalue weighted by molar-refractivity contribution is 6.37. The molecule has 0 fully saturated rings. The Balaban J connectivity index is 2.47. The summed E-state index contributed by atoms with van der Waals surface area (Å²) in [7, 11) is 0. The molecule has 3 nitrogen and oxygen atoms in total. The van der Waals surface area contributed by atoms with Gasteiger partial charge < -0.3 is 0 Å². The fourth-order valence-corrected chi connectivity index (χ4v) is 1.72. The standard InChI is InChI=1S/C9H7Cl2NO2/c10-3-9(13)6-1-5-4-14-12-8(5)2-7(6)11/h1-2,12H,3-4H2. The topological polar surface area (TPSA) is 38.3 Å². The highest BCUT2D eigenvalue weighted by Crippen LogP contribution is 2.30. The van der Waals surface area contributed by atoms with Gasteiger partial charge in [-0.15, -0.1) is 11.6 Å². The van der Waals surface area contributed by atoms with Gasteiger partial charge in [0.25, 0.3) is 0 Å². The Bertz CT molecular complexity index is 393. The molecule has 1 aliphatic rings. The van der Waals surface area contributed by atoms with Crippen LogP contribution in [-0.2, 0) is 11.4 Å². The minimum absolute atomic E-state index is 0.0627. The molecule has 2 rings (SSSR count). The lowest BCUT2D eigenvalue weighted by atomic mass is 10.1. The van der Waals surface area contributed by atoms with E-state index in [0.29, 0.717) is 17.2 Å². The van der Waals surface area contributed by atoms with Crippen LogP contribution in [0.2, 0.25) is 5.02 Å². The first-order valence-corrected chi connectivity index (χ1v) is 4.93. The lowest BCUT2D eigenvalue weighted by molar-refractivity contribution is 0.102. The molecule has 1 N–H and O–H groups in total. The van der Waals surface area contributed by atoms with Gasteiger partial charge in [-0.05, 0) is 12.1 Å². The van der Waals surface area contributed by atoms with Gasteiger partial charge in [0.05, 0.1) is 16.6 Å². The second kappa shape index (κ2) is 3.77. The number of rotatable bonds is 2. The second-order valence-electron chi connectivity index (χ2n) is 2.94. The van der Waals surface area contributed by atoms with Crippen LogP contribution in [0.1, 0.15) is 15.9 Å². The van der Waals surface area contributed by atoms with Gasteiger partial charge in [-0.3, -0.25) is 15.1 Å². The monoisotopic (exact) mass is 231 g/mol. The van der Waals surface area contributed by atoms with Crippen LogP contribution in [0.4, 0.5) is 5.69 Å². The van der Waals surface area contributed by atoms with Gasteiger partial charge >= 0.3 is 0 Å². The number of hydrogen-bond donors (Lipinski definition) is 1. The van der Waals surface area contributed by atoms with E-state index < -0.39 is 0 Å². The van der Waals surface area contributed by atoms with Crippen LogP contribution in [0.5, 0.6) is 0 Å². The van der Waals surface area contributed by atoms with Crippen LogP contribution < -0.4 is 5.48 Å². The van der Waals surface area contributed by atoms with Crippen LogP contribution in [-0.4, -0.2) is 11.7 Å². The summed E-state index contributed by atoms with van der Waals surface area (Å²) in [6, 6.07) is 3.38. The third-order valence-corrected chi connectivity index (χ3v) is 2.58. The number of carbonyl (C=O) groups excluding carboxylic acids is 1. The van der Waals surface area contributed by atoms with Crippen molar-refractivity contribution in [3.63, 3.8) is 0 Å². The minimum atomic E-state index is -0.175. The zero-order chi connectivity index (χ0) is 10.1. The van der Waals surface area contributed by atoms with Crippen molar-refractivity contribution in [2.45, 2.75) is 6.61 Å². The van der Waals surface area contributed by atoms with Crippen LogP contribution >= 0.6 is 23.2 Å². The third-order valence-electron chi connectivity index (χ3n) is 2.02. The van der Waals surface area contributed by atoms with E-state index in [1.54, 1.807) is 12.1 Å². The molecule has 0 saturated carbocycles. The predicted molar refractivity (Wildman–Crippen MR) is 54.9 cm³/mol. The highest BCUT2D eigenvalue weighted by Gasteiger charge is 2.17. The molecule has 1 aliphatic heterocycles. The van der Waals surface area contributed by atoms with Crippen molar-refractivity contribution in [1.29, 1.82) is 0 Å². The quantitative estimate of drug-likeness (QED) is 0.629. The Labute approximate surface area is 90.9 Å². The Morgan fingerprint density at radius 1 is 1.57 bits per heavy atom. The number of hydrogen-bond acceptors (Lipinski definition) is 3. The molecule has 0 unspecified atom stereocenters. The van der Waals surface area contributed by atoms with E-state index in [1.165, 1.54) is 0 Å². The molecular formula is C9H7Cl2NO2. The first-order chi connectivity index (χ1) is 6.72. The number of ketones is 1. The zero-order valence-corrected chi connectivity index (χ0v) is 8.65. The van der Waals surface area contributed by atoms with Gasteiger partial charge in [0, 0.05) is 11.1 Å². The number of carbonyl (C=O) groups is 1. The molecule has 0 saturated heterocycles. The smallest absolute Gasteiger partial charge is 0.179 e. The van der Waals surface area contributed by atoms with Crippen molar-refractivity contribution in [1.82, 2.24) is 0 Å². The van der Waals surface area contributed by atoms with E-state index in [2.05, 4.69) is 5.48 Å². The highest BCUT2D eigenvalue weighted by atomic mass is 35.5. The molecule has 14 heavy (non-hydrogen) atoms. The van der Waals surface area contributed by atoms with Crippen LogP contribution in [0, 0.1) is 0 Å². The van der Waals surface area contributed by atoms with Crippen molar-refractivity contribution in [2.24, 2.45) is 0 Å². The lowest BCUT2D eigenvalue weighted by Gasteiger charge is -2.03. The van der Waals surface area contributed by atoms with E-state index in [9.17, 15) is 4.79 Å². The fourth-order valence-electron chi connectivity index (χ4n) is 1.31. The Hall–Kier alpha value is -0.770. The molecule has 0 spiro atoms. The van der Waals surface area contributed by atoms with Crippen molar-refractivity contribution >= 4 is 34.7 Å². The number of Topliss-reactive ketones (excluding diaryl/α,β-unsaturated/α-hetero) is 1. The number of nitrogens with one attached hydrogen (secondary N) is 1. The van der Waals surface area contributed by atoms with Crippen LogP contribution in [0.15, 0.2) is 12.1 Å². The molecule has 5 heteroatoms. The average molecular weight is 232 g/mol. The summed E-state index contributed by atoms with van der Waals surface area (Å²) in [5, 5.41) is 0.396. The van der Waals surface area contributed by atoms with Gasteiger partial charge in [-0.2, -0.15) is 0 Å². The van der Waals surface area contributed by atoms with Crippen molar-refractivity contribution in [2.75, 3.05) is 11.4 Å². The normalized spacial score (nSPS) is 13.6. The first-order valence-electron chi connectivity index (χ1n) is 4.01. The maximum atomic E-state index is 11.4. The summed E-state index contributed by atoms with van der Waals surface area (Å²) < 4.78 is 0. The number of alkyl halides is 1. The summed E-state index contributed by atoms with van der Waals surface area (Å²) in [4.78, 5) is 16.3. The molecule has 1 aromatic rings. The molecule has 0 bridgehead atoms. The molecule has 0 aliphatic carbocycles. The van der Waals surface area contributed by atoms with Gasteiger partial charge in [0.2, 0.25) is 0 Å². The van der Waals surface area contributed by atoms with Gasteiger partial charge in [0.15, 0.2) is 5.78 Å². The SMILES string of the molecule is O=C(CCl)c1cc2c(cc1Cl)NOC2. The summed E-state index contributed by atoms with van der Waals surface area (Å²) in [6.07, 6.45) is 0. The van der Waals surface area contributed by atoms with Crippen molar-refractivity contribution in [3.8, 4) is 0 Å². The largest absolute Gasteiger partial charge is 0.293 e. The fraction of sp³-hybridized carbons (Fsp3) is 0.222. The molecule has 0 atom stereocenters. The van der Waals surface area contributed by atoms with Gasteiger partial charge in [-0.1, -0.05) is 11.6 Å². The molecule has 0 radical (unpaired) electrons. The minimum Gasteiger partial charge on any atom is -0.293 e. The molecular weight excluding hydrogens is 225 g/mol. The Morgan fingerprint density at radius 2 is 2.36 bits per heavy atom. The van der Waals surface area contributed by atoms with E-state index in [4.69, 9.17) is 28.0 Å².